The van der Waals surface area contributed by atoms with Gasteiger partial charge in [0.15, 0.2) is 5.11 Å². The molecule has 0 aromatic heterocycles. The highest BCUT2D eigenvalue weighted by Gasteiger charge is 2.13. The van der Waals surface area contributed by atoms with E-state index < -0.39 is 10.7 Å². The molecular weight excluding hydrogens is 440 g/mol. The number of nitro groups is 1. The van der Waals surface area contributed by atoms with Gasteiger partial charge in [-0.25, -0.2) is 4.39 Å². The van der Waals surface area contributed by atoms with Crippen molar-refractivity contribution in [2.45, 2.75) is 0 Å². The SMILES string of the molecule is O=[N+]([O-])c1cc(NC(=S)Nc2ccc(F)c(Cl)c2)cc(Oc2ccc(Cl)cc2)c1. The van der Waals surface area contributed by atoms with Crippen LogP contribution >= 0.6 is 35.4 Å². The van der Waals surface area contributed by atoms with Crippen molar-refractivity contribution in [1.29, 1.82) is 0 Å². The lowest BCUT2D eigenvalue weighted by atomic mass is 10.2. The highest BCUT2D eigenvalue weighted by molar-refractivity contribution is 7.80. The third kappa shape index (κ3) is 5.77. The van der Waals surface area contributed by atoms with E-state index in [-0.39, 0.29) is 21.6 Å². The number of hydrogen-bond acceptors (Lipinski definition) is 4. The van der Waals surface area contributed by atoms with E-state index in [9.17, 15) is 14.5 Å². The van der Waals surface area contributed by atoms with Crippen molar-refractivity contribution < 1.29 is 14.1 Å². The first-order chi connectivity index (χ1) is 13.8. The van der Waals surface area contributed by atoms with E-state index >= 15 is 0 Å². The fraction of sp³-hybridized carbons (Fsp3) is 0. The number of nitro benzene ring substituents is 1. The topological polar surface area (TPSA) is 76.4 Å². The van der Waals surface area contributed by atoms with Crippen LogP contribution in [0.4, 0.5) is 21.5 Å². The molecule has 0 heterocycles. The number of nitrogens with zero attached hydrogens (tertiary/aromatic N) is 1. The molecule has 0 spiro atoms. The number of non-ortho nitro benzene ring substituents is 1. The molecule has 2 N–H and O–H groups in total. The Morgan fingerprint density at radius 3 is 2.31 bits per heavy atom. The second-order valence-electron chi connectivity index (χ2n) is 5.74. The highest BCUT2D eigenvalue weighted by atomic mass is 35.5. The Hall–Kier alpha value is -2.94. The summed E-state index contributed by atoms with van der Waals surface area (Å²) in [6, 6.07) is 14.7. The maximum Gasteiger partial charge on any atom is 0.275 e. The molecule has 0 atom stereocenters. The van der Waals surface area contributed by atoms with Crippen LogP contribution in [0, 0.1) is 15.9 Å². The summed E-state index contributed by atoms with van der Waals surface area (Å²) in [5.41, 5.74) is 0.595. The minimum absolute atomic E-state index is 0.0631. The van der Waals surface area contributed by atoms with Gasteiger partial charge in [-0.05, 0) is 54.7 Å². The molecule has 10 heteroatoms. The lowest BCUT2D eigenvalue weighted by molar-refractivity contribution is -0.384. The summed E-state index contributed by atoms with van der Waals surface area (Å²) in [5.74, 6) is 0.137. The number of benzene rings is 3. The quantitative estimate of drug-likeness (QED) is 0.257. The normalized spacial score (nSPS) is 10.3. The number of rotatable bonds is 5. The maximum absolute atomic E-state index is 13.3. The van der Waals surface area contributed by atoms with Gasteiger partial charge in [-0.2, -0.15) is 0 Å². The predicted molar refractivity (Wildman–Crippen MR) is 116 cm³/mol. The van der Waals surface area contributed by atoms with Gasteiger partial charge in [0, 0.05) is 22.8 Å². The van der Waals surface area contributed by atoms with Crippen molar-refractivity contribution >= 4 is 57.6 Å². The molecule has 0 bridgehead atoms. The van der Waals surface area contributed by atoms with Gasteiger partial charge in [0.25, 0.3) is 5.69 Å². The van der Waals surface area contributed by atoms with Crippen LogP contribution in [0.1, 0.15) is 0 Å². The Kier molecular flexibility index (Phi) is 6.48. The van der Waals surface area contributed by atoms with E-state index in [0.717, 1.165) is 0 Å². The van der Waals surface area contributed by atoms with Crippen molar-refractivity contribution in [2.75, 3.05) is 10.6 Å². The summed E-state index contributed by atoms with van der Waals surface area (Å²) in [7, 11) is 0. The van der Waals surface area contributed by atoms with Gasteiger partial charge < -0.3 is 15.4 Å². The van der Waals surface area contributed by atoms with E-state index in [1.165, 1.54) is 30.3 Å². The number of halogens is 3. The van der Waals surface area contributed by atoms with Gasteiger partial charge in [-0.15, -0.1) is 0 Å². The van der Waals surface area contributed by atoms with Crippen LogP contribution in [0.15, 0.2) is 60.7 Å². The molecule has 3 aromatic rings. The van der Waals surface area contributed by atoms with E-state index in [2.05, 4.69) is 10.6 Å². The van der Waals surface area contributed by atoms with Gasteiger partial charge in [0.1, 0.15) is 17.3 Å². The zero-order chi connectivity index (χ0) is 21.0. The van der Waals surface area contributed by atoms with Gasteiger partial charge >= 0.3 is 0 Å². The van der Waals surface area contributed by atoms with Crippen molar-refractivity contribution in [3.05, 3.63) is 86.6 Å². The molecule has 0 amide bonds. The smallest absolute Gasteiger partial charge is 0.275 e. The average molecular weight is 452 g/mol. The molecule has 3 aromatic carbocycles. The molecule has 0 aliphatic heterocycles. The zero-order valence-corrected chi connectivity index (χ0v) is 16.8. The predicted octanol–water partition coefficient (Wildman–Crippen LogP) is 6.64. The first-order valence-electron chi connectivity index (χ1n) is 8.06. The minimum atomic E-state index is -0.557. The molecule has 3 rings (SSSR count). The molecule has 0 unspecified atom stereocenters. The largest absolute Gasteiger partial charge is 0.457 e. The van der Waals surface area contributed by atoms with Crippen LogP contribution in [0.3, 0.4) is 0 Å². The van der Waals surface area contributed by atoms with E-state index in [1.54, 1.807) is 30.3 Å². The van der Waals surface area contributed by atoms with Crippen molar-refractivity contribution in [2.24, 2.45) is 0 Å². The lowest BCUT2D eigenvalue weighted by Crippen LogP contribution is -2.19. The first-order valence-corrected chi connectivity index (χ1v) is 9.22. The second-order valence-corrected chi connectivity index (χ2v) is 6.99. The zero-order valence-electron chi connectivity index (χ0n) is 14.5. The van der Waals surface area contributed by atoms with Crippen LogP contribution < -0.4 is 15.4 Å². The Bertz CT molecular complexity index is 1080. The average Bonchev–Trinajstić information content (AvgIpc) is 2.66. The van der Waals surface area contributed by atoms with E-state index in [4.69, 9.17) is 40.2 Å². The lowest BCUT2D eigenvalue weighted by Gasteiger charge is -2.12. The first kappa shape index (κ1) is 20.8. The number of anilines is 2. The standard InChI is InChI=1S/C19H12Cl2FN3O3S/c20-11-1-4-15(5-2-11)28-16-8-13(7-14(10-16)25(26)27)24-19(29)23-12-3-6-18(22)17(21)9-12/h1-10H,(H2,23,24,29). The second kappa shape index (κ2) is 9.04. The number of hydrogen-bond donors (Lipinski definition) is 2. The summed E-state index contributed by atoms with van der Waals surface area (Å²) < 4.78 is 18.9. The van der Waals surface area contributed by atoms with Crippen molar-refractivity contribution in [1.82, 2.24) is 0 Å². The monoisotopic (exact) mass is 451 g/mol. The van der Waals surface area contributed by atoms with E-state index in [1.807, 2.05) is 0 Å². The molecule has 148 valence electrons. The Morgan fingerprint density at radius 1 is 0.966 bits per heavy atom. The van der Waals surface area contributed by atoms with E-state index in [0.29, 0.717) is 22.1 Å². The summed E-state index contributed by atoms with van der Waals surface area (Å²) in [4.78, 5) is 10.7. The van der Waals surface area contributed by atoms with Crippen LogP contribution in [-0.4, -0.2) is 10.0 Å². The van der Waals surface area contributed by atoms with Crippen LogP contribution in [0.25, 0.3) is 0 Å². The van der Waals surface area contributed by atoms with Crippen LogP contribution in [-0.2, 0) is 0 Å². The molecule has 0 aliphatic carbocycles. The Labute approximate surface area is 180 Å². The summed E-state index contributed by atoms with van der Waals surface area (Å²) in [6.07, 6.45) is 0. The van der Waals surface area contributed by atoms with Crippen molar-refractivity contribution in [3.63, 3.8) is 0 Å². The number of ether oxygens (including phenoxy) is 1. The fourth-order valence-electron chi connectivity index (χ4n) is 2.33. The molecule has 0 fully saturated rings. The van der Waals surface area contributed by atoms with Gasteiger partial charge in [0.05, 0.1) is 21.7 Å². The molecule has 0 saturated carbocycles. The molecule has 0 radical (unpaired) electrons. The third-order valence-corrected chi connectivity index (χ3v) is 4.33. The molecule has 0 saturated heterocycles. The van der Waals surface area contributed by atoms with Gasteiger partial charge in [0.2, 0.25) is 0 Å². The number of nitrogens with one attached hydrogen (secondary N) is 2. The fourth-order valence-corrected chi connectivity index (χ4v) is 2.87. The number of thiocarbonyl (C=S) groups is 1. The third-order valence-electron chi connectivity index (χ3n) is 3.59. The Balaban J connectivity index is 1.79. The van der Waals surface area contributed by atoms with Crippen LogP contribution in [0.2, 0.25) is 10.0 Å². The Morgan fingerprint density at radius 2 is 1.66 bits per heavy atom. The van der Waals surface area contributed by atoms with Gasteiger partial charge in [-0.1, -0.05) is 23.2 Å². The van der Waals surface area contributed by atoms with Crippen molar-refractivity contribution in [3.8, 4) is 11.5 Å². The maximum atomic E-state index is 13.3. The highest BCUT2D eigenvalue weighted by Crippen LogP contribution is 2.30. The molecule has 6 nitrogen and oxygen atoms in total. The summed E-state index contributed by atoms with van der Waals surface area (Å²) >= 11 is 16.8. The van der Waals surface area contributed by atoms with Crippen LogP contribution in [0.5, 0.6) is 11.5 Å². The molecule has 0 aliphatic rings. The minimum Gasteiger partial charge on any atom is -0.457 e. The van der Waals surface area contributed by atoms with Gasteiger partial charge in [-0.3, -0.25) is 10.1 Å². The molecule has 29 heavy (non-hydrogen) atoms. The summed E-state index contributed by atoms with van der Waals surface area (Å²) in [6.45, 7) is 0. The molecular formula is C19H12Cl2FN3O3S. The summed E-state index contributed by atoms with van der Waals surface area (Å²) in [5, 5.41) is 17.5.